The van der Waals surface area contributed by atoms with Gasteiger partial charge in [-0.15, -0.1) is 11.3 Å². The van der Waals surface area contributed by atoms with E-state index in [4.69, 9.17) is 0 Å². The zero-order valence-electron chi connectivity index (χ0n) is 15.5. The molecule has 2 aliphatic rings. The number of carbonyl (C=O) groups is 2. The third kappa shape index (κ3) is 3.76. The quantitative estimate of drug-likeness (QED) is 0.797. The van der Waals surface area contributed by atoms with E-state index in [1.54, 1.807) is 10.9 Å². The fourth-order valence-corrected chi connectivity index (χ4v) is 4.91. The van der Waals surface area contributed by atoms with Gasteiger partial charge in [0, 0.05) is 31.6 Å². The molecule has 6 heteroatoms. The monoisotopic (exact) mass is 383 g/mol. The number of thiazole rings is 1. The molecule has 4 rings (SSSR count). The van der Waals surface area contributed by atoms with Crippen LogP contribution in [0.4, 0.5) is 0 Å². The van der Waals surface area contributed by atoms with Gasteiger partial charge in [-0.3, -0.25) is 9.59 Å². The molecule has 0 N–H and O–H groups in total. The molecule has 0 bridgehead atoms. The van der Waals surface area contributed by atoms with E-state index in [1.165, 1.54) is 16.9 Å². The minimum Gasteiger partial charge on any atom is -0.342 e. The molecule has 27 heavy (non-hydrogen) atoms. The summed E-state index contributed by atoms with van der Waals surface area (Å²) in [6.07, 6.45) is 4.66. The highest BCUT2D eigenvalue weighted by Gasteiger charge is 2.49. The Bertz CT molecular complexity index is 793. The van der Waals surface area contributed by atoms with E-state index in [1.807, 2.05) is 15.9 Å². The van der Waals surface area contributed by atoms with Gasteiger partial charge in [0.25, 0.3) is 5.91 Å². The summed E-state index contributed by atoms with van der Waals surface area (Å²) < 4.78 is 0. The van der Waals surface area contributed by atoms with Crippen LogP contribution in [0, 0.1) is 5.41 Å². The predicted octanol–water partition coefficient (Wildman–Crippen LogP) is 3.23. The average Bonchev–Trinajstić information content (AvgIpc) is 3.37. The maximum absolute atomic E-state index is 13.2. The lowest BCUT2D eigenvalue weighted by Gasteiger charge is -2.39. The van der Waals surface area contributed by atoms with E-state index < -0.39 is 0 Å². The Morgan fingerprint density at radius 1 is 1.19 bits per heavy atom. The van der Waals surface area contributed by atoms with Crippen molar-refractivity contribution < 1.29 is 9.59 Å². The molecule has 1 atom stereocenters. The van der Waals surface area contributed by atoms with E-state index in [-0.39, 0.29) is 17.2 Å². The lowest BCUT2D eigenvalue weighted by molar-refractivity contribution is -0.145. The molecule has 5 nitrogen and oxygen atoms in total. The van der Waals surface area contributed by atoms with Gasteiger partial charge in [-0.1, -0.05) is 30.3 Å². The summed E-state index contributed by atoms with van der Waals surface area (Å²) in [6.45, 7) is 2.84. The maximum Gasteiger partial charge on any atom is 0.273 e. The summed E-state index contributed by atoms with van der Waals surface area (Å²) in [5, 5.41) is 1.78. The van der Waals surface area contributed by atoms with Crippen LogP contribution >= 0.6 is 11.3 Å². The zero-order valence-corrected chi connectivity index (χ0v) is 16.3. The van der Waals surface area contributed by atoms with Crippen LogP contribution in [0.5, 0.6) is 0 Å². The highest BCUT2D eigenvalue weighted by Crippen LogP contribution is 2.40. The second-order valence-electron chi connectivity index (χ2n) is 7.62. The molecule has 2 aromatic rings. The smallest absolute Gasteiger partial charge is 0.273 e. The van der Waals surface area contributed by atoms with Crippen molar-refractivity contribution in [2.75, 3.05) is 26.2 Å². The van der Waals surface area contributed by atoms with Gasteiger partial charge in [0.2, 0.25) is 5.91 Å². The molecule has 1 unspecified atom stereocenters. The first-order valence-electron chi connectivity index (χ1n) is 9.69. The second kappa shape index (κ2) is 7.80. The highest BCUT2D eigenvalue weighted by molar-refractivity contribution is 7.07. The molecule has 0 radical (unpaired) electrons. The molecule has 2 saturated heterocycles. The highest BCUT2D eigenvalue weighted by atomic mass is 32.1. The molecule has 1 spiro atoms. The van der Waals surface area contributed by atoms with Crippen molar-refractivity contribution in [3.05, 3.63) is 52.5 Å². The van der Waals surface area contributed by atoms with Crippen LogP contribution in [0.3, 0.4) is 0 Å². The standard InChI is InChI=1S/C21H25N3O2S/c25-19(18-14-27-16-22-18)24-13-10-21(15-24)9-5-12-23(20(21)26)11-4-8-17-6-2-1-3-7-17/h1-3,6-7,14,16H,4-5,8-13,15H2. The fraction of sp³-hybridized carbons (Fsp3) is 0.476. The van der Waals surface area contributed by atoms with Crippen molar-refractivity contribution in [3.8, 4) is 0 Å². The van der Waals surface area contributed by atoms with Crippen LogP contribution in [-0.2, 0) is 11.2 Å². The van der Waals surface area contributed by atoms with Gasteiger partial charge in [-0.05, 0) is 37.7 Å². The van der Waals surface area contributed by atoms with Crippen molar-refractivity contribution in [2.45, 2.75) is 32.1 Å². The SMILES string of the molecule is O=C(c1cscn1)N1CCC2(CCCN(CCCc3ccccc3)C2=O)C1. The van der Waals surface area contributed by atoms with Gasteiger partial charge in [-0.2, -0.15) is 0 Å². The third-order valence-electron chi connectivity index (χ3n) is 5.85. The Kier molecular flexibility index (Phi) is 5.25. The van der Waals surface area contributed by atoms with Gasteiger partial charge in [0.1, 0.15) is 5.69 Å². The van der Waals surface area contributed by atoms with Crippen LogP contribution in [0.15, 0.2) is 41.2 Å². The predicted molar refractivity (Wildman–Crippen MR) is 106 cm³/mol. The second-order valence-corrected chi connectivity index (χ2v) is 8.33. The van der Waals surface area contributed by atoms with Gasteiger partial charge in [0.05, 0.1) is 10.9 Å². The lowest BCUT2D eigenvalue weighted by atomic mass is 9.78. The van der Waals surface area contributed by atoms with Crippen molar-refractivity contribution >= 4 is 23.2 Å². The minimum absolute atomic E-state index is 0.0397. The first kappa shape index (κ1) is 18.2. The first-order valence-corrected chi connectivity index (χ1v) is 10.6. The third-order valence-corrected chi connectivity index (χ3v) is 6.44. The zero-order chi connectivity index (χ0) is 18.7. The number of amides is 2. The van der Waals surface area contributed by atoms with E-state index in [9.17, 15) is 9.59 Å². The number of aromatic nitrogens is 1. The number of benzene rings is 1. The Hall–Kier alpha value is -2.21. The van der Waals surface area contributed by atoms with Crippen molar-refractivity contribution in [3.63, 3.8) is 0 Å². The molecule has 0 aliphatic carbocycles. The van der Waals surface area contributed by atoms with Crippen molar-refractivity contribution in [2.24, 2.45) is 5.41 Å². The summed E-state index contributed by atoms with van der Waals surface area (Å²) in [5.41, 5.74) is 3.12. The van der Waals surface area contributed by atoms with Crippen molar-refractivity contribution in [1.29, 1.82) is 0 Å². The summed E-state index contributed by atoms with van der Waals surface area (Å²) in [6, 6.07) is 10.4. The molecule has 2 amide bonds. The molecule has 0 saturated carbocycles. The average molecular weight is 384 g/mol. The Morgan fingerprint density at radius 2 is 2.04 bits per heavy atom. The maximum atomic E-state index is 13.2. The first-order chi connectivity index (χ1) is 13.2. The van der Waals surface area contributed by atoms with Crippen LogP contribution < -0.4 is 0 Å². The van der Waals surface area contributed by atoms with Gasteiger partial charge < -0.3 is 9.80 Å². The Balaban J connectivity index is 1.36. The summed E-state index contributed by atoms with van der Waals surface area (Å²) in [7, 11) is 0. The number of hydrogen-bond acceptors (Lipinski definition) is 4. The van der Waals surface area contributed by atoms with E-state index in [0.29, 0.717) is 18.8 Å². The number of aryl methyl sites for hydroxylation is 1. The Morgan fingerprint density at radius 3 is 2.81 bits per heavy atom. The number of piperidine rings is 1. The molecule has 3 heterocycles. The number of likely N-dealkylation sites (tertiary alicyclic amines) is 2. The molecule has 1 aromatic carbocycles. The molecule has 2 fully saturated rings. The Labute approximate surface area is 164 Å². The molecule has 1 aromatic heterocycles. The summed E-state index contributed by atoms with van der Waals surface area (Å²) in [4.78, 5) is 33.8. The number of nitrogens with zero attached hydrogens (tertiary/aromatic N) is 3. The number of hydrogen-bond donors (Lipinski definition) is 0. The lowest BCUT2D eigenvalue weighted by Crippen LogP contribution is -2.50. The molecule has 142 valence electrons. The minimum atomic E-state index is -0.378. The van der Waals surface area contributed by atoms with E-state index in [0.717, 1.165) is 45.2 Å². The summed E-state index contributed by atoms with van der Waals surface area (Å²) >= 11 is 1.43. The van der Waals surface area contributed by atoms with E-state index >= 15 is 0 Å². The van der Waals surface area contributed by atoms with Gasteiger partial charge in [-0.25, -0.2) is 4.98 Å². The van der Waals surface area contributed by atoms with Crippen LogP contribution in [0.1, 0.15) is 41.7 Å². The molecular formula is C21H25N3O2S. The van der Waals surface area contributed by atoms with Crippen LogP contribution in [-0.4, -0.2) is 52.8 Å². The number of carbonyl (C=O) groups excluding carboxylic acids is 2. The van der Waals surface area contributed by atoms with Crippen LogP contribution in [0.25, 0.3) is 0 Å². The molecule has 2 aliphatic heterocycles. The van der Waals surface area contributed by atoms with Crippen molar-refractivity contribution in [1.82, 2.24) is 14.8 Å². The van der Waals surface area contributed by atoms with E-state index in [2.05, 4.69) is 29.2 Å². The normalized spacial score (nSPS) is 22.6. The number of rotatable bonds is 5. The van der Waals surface area contributed by atoms with Gasteiger partial charge >= 0.3 is 0 Å². The largest absolute Gasteiger partial charge is 0.342 e. The summed E-state index contributed by atoms with van der Waals surface area (Å²) in [5.74, 6) is 0.206. The molecular weight excluding hydrogens is 358 g/mol. The van der Waals surface area contributed by atoms with Gasteiger partial charge in [0.15, 0.2) is 0 Å². The fourth-order valence-electron chi connectivity index (χ4n) is 4.39. The topological polar surface area (TPSA) is 53.5 Å². The van der Waals surface area contributed by atoms with Crippen LogP contribution in [0.2, 0.25) is 0 Å².